The lowest BCUT2D eigenvalue weighted by molar-refractivity contribution is 0.0476. The summed E-state index contributed by atoms with van der Waals surface area (Å²) in [5.74, 6) is -0.334. The van der Waals surface area contributed by atoms with E-state index < -0.39 is 17.6 Å². The molecule has 1 saturated heterocycles. The van der Waals surface area contributed by atoms with Gasteiger partial charge in [-0.3, -0.25) is 0 Å². The van der Waals surface area contributed by atoms with Crippen LogP contribution >= 0.6 is 0 Å². The fourth-order valence-corrected chi connectivity index (χ4v) is 3.97. The molecule has 9 heteroatoms. The molecule has 1 amide bonds. The Labute approximate surface area is 182 Å². The quantitative estimate of drug-likeness (QED) is 0.657. The molecule has 1 aromatic carbocycles. The number of alkyl carbamates (subject to hydrolysis) is 1. The first-order chi connectivity index (χ1) is 14.7. The number of ether oxygens (including phenoxy) is 2. The number of fused-ring (bicyclic) bond motifs is 1. The minimum absolute atomic E-state index is 0.0398. The first-order valence-electron chi connectivity index (χ1n) is 10.7. The van der Waals surface area contributed by atoms with Crippen molar-refractivity contribution in [1.29, 1.82) is 0 Å². The van der Waals surface area contributed by atoms with Crippen molar-refractivity contribution in [2.24, 2.45) is 4.99 Å². The second-order valence-corrected chi connectivity index (χ2v) is 9.02. The number of rotatable bonds is 5. The fourth-order valence-electron chi connectivity index (χ4n) is 3.97. The monoisotopic (exact) mass is 436 g/mol. The summed E-state index contributed by atoms with van der Waals surface area (Å²) in [6, 6.07) is 3.11. The van der Waals surface area contributed by atoms with Gasteiger partial charge < -0.3 is 30.1 Å². The van der Waals surface area contributed by atoms with Crippen LogP contribution in [0.3, 0.4) is 0 Å². The van der Waals surface area contributed by atoms with Gasteiger partial charge in [-0.15, -0.1) is 0 Å². The first-order valence-corrected chi connectivity index (χ1v) is 10.7. The van der Waals surface area contributed by atoms with Gasteiger partial charge in [-0.05, 0) is 45.7 Å². The predicted octanol–water partition coefficient (Wildman–Crippen LogP) is 2.99. The molecule has 0 radical (unpaired) electrons. The van der Waals surface area contributed by atoms with E-state index in [0.29, 0.717) is 30.2 Å². The van der Waals surface area contributed by atoms with E-state index in [0.717, 1.165) is 31.6 Å². The van der Waals surface area contributed by atoms with Gasteiger partial charge in [0.1, 0.15) is 11.4 Å². The summed E-state index contributed by atoms with van der Waals surface area (Å²) >= 11 is 0. The van der Waals surface area contributed by atoms with Crippen molar-refractivity contribution in [1.82, 2.24) is 10.2 Å². The molecule has 0 aliphatic carbocycles. The molecule has 1 atom stereocenters. The molecular weight excluding hydrogens is 403 g/mol. The number of benzene rings is 1. The second-order valence-electron chi connectivity index (χ2n) is 9.02. The summed E-state index contributed by atoms with van der Waals surface area (Å²) in [5.41, 5.74) is 1.09. The van der Waals surface area contributed by atoms with Crippen molar-refractivity contribution in [3.63, 3.8) is 0 Å². The molecule has 31 heavy (non-hydrogen) atoms. The molecule has 2 aliphatic heterocycles. The number of piperidine rings is 1. The zero-order valence-corrected chi connectivity index (χ0v) is 18.7. The predicted molar refractivity (Wildman–Crippen MR) is 118 cm³/mol. The summed E-state index contributed by atoms with van der Waals surface area (Å²) in [4.78, 5) is 18.6. The van der Waals surface area contributed by atoms with Crippen LogP contribution in [0.15, 0.2) is 17.1 Å². The van der Waals surface area contributed by atoms with Crippen LogP contribution in [0.25, 0.3) is 0 Å². The van der Waals surface area contributed by atoms with E-state index in [1.54, 1.807) is 6.07 Å². The van der Waals surface area contributed by atoms with Crippen LogP contribution in [-0.2, 0) is 9.47 Å². The van der Waals surface area contributed by atoms with Crippen LogP contribution in [0.4, 0.5) is 20.6 Å². The zero-order valence-electron chi connectivity index (χ0n) is 18.7. The van der Waals surface area contributed by atoms with Gasteiger partial charge in [0, 0.05) is 37.2 Å². The highest BCUT2D eigenvalue weighted by Gasteiger charge is 2.29. The van der Waals surface area contributed by atoms with E-state index in [4.69, 9.17) is 9.47 Å². The smallest absolute Gasteiger partial charge is 0.407 e. The van der Waals surface area contributed by atoms with E-state index in [9.17, 15) is 14.3 Å². The Balaban J connectivity index is 1.64. The van der Waals surface area contributed by atoms with Crippen LogP contribution in [-0.4, -0.2) is 73.5 Å². The summed E-state index contributed by atoms with van der Waals surface area (Å²) < 4.78 is 25.4. The number of aliphatic hydroxyl groups excluding tert-OH is 1. The minimum Gasteiger partial charge on any atom is -0.483 e. The van der Waals surface area contributed by atoms with E-state index in [1.165, 1.54) is 13.2 Å². The summed E-state index contributed by atoms with van der Waals surface area (Å²) in [6.45, 7) is 7.72. The zero-order chi connectivity index (χ0) is 22.6. The lowest BCUT2D eigenvalue weighted by atomic mass is 9.94. The number of likely N-dealkylation sites (tertiary alicyclic amines) is 1. The van der Waals surface area contributed by atoms with Crippen molar-refractivity contribution in [3.8, 4) is 0 Å². The minimum atomic E-state index is -0.530. The molecule has 3 rings (SSSR count). The Hall–Kier alpha value is -2.39. The van der Waals surface area contributed by atoms with Gasteiger partial charge in [-0.1, -0.05) is 0 Å². The Kier molecular flexibility index (Phi) is 7.38. The van der Waals surface area contributed by atoms with Crippen LogP contribution in [0.5, 0.6) is 0 Å². The van der Waals surface area contributed by atoms with Gasteiger partial charge in [0.05, 0.1) is 31.6 Å². The van der Waals surface area contributed by atoms with Crippen LogP contribution in [0, 0.1) is 5.82 Å². The molecule has 3 N–H and O–H groups in total. The molecular formula is C22H33FN4O4. The molecule has 1 unspecified atom stereocenters. The van der Waals surface area contributed by atoms with E-state index in [2.05, 4.69) is 20.5 Å². The highest BCUT2D eigenvalue weighted by Crippen LogP contribution is 2.38. The maximum absolute atomic E-state index is 14.8. The average Bonchev–Trinajstić information content (AvgIpc) is 2.71. The number of anilines is 1. The topological polar surface area (TPSA) is 95.4 Å². The lowest BCUT2D eigenvalue weighted by Crippen LogP contribution is -2.47. The summed E-state index contributed by atoms with van der Waals surface area (Å²) in [6.07, 6.45) is 1.12. The van der Waals surface area contributed by atoms with E-state index in [1.807, 2.05) is 20.8 Å². The second kappa shape index (κ2) is 9.82. The summed E-state index contributed by atoms with van der Waals surface area (Å²) in [5, 5.41) is 16.2. The molecule has 1 aromatic rings. The van der Waals surface area contributed by atoms with Crippen molar-refractivity contribution in [2.75, 3.05) is 45.2 Å². The number of hydrogen-bond acceptors (Lipinski definition) is 7. The molecule has 8 nitrogen and oxygen atoms in total. The first kappa shape index (κ1) is 23.3. The van der Waals surface area contributed by atoms with Crippen LogP contribution in [0.1, 0.15) is 45.1 Å². The normalized spacial score (nSPS) is 18.5. The van der Waals surface area contributed by atoms with Gasteiger partial charge in [0.15, 0.2) is 0 Å². The number of carbonyl (C=O) groups is 1. The molecule has 0 saturated carbocycles. The molecule has 2 aliphatic rings. The Morgan fingerprint density at radius 1 is 1.39 bits per heavy atom. The number of carbonyl (C=O) groups excluding carboxylic acids is 1. The number of amides is 1. The molecule has 0 aromatic heterocycles. The number of halogens is 1. The third-order valence-electron chi connectivity index (χ3n) is 5.48. The van der Waals surface area contributed by atoms with Crippen LogP contribution < -0.4 is 10.6 Å². The number of nitrogens with zero attached hydrogens (tertiary/aromatic N) is 2. The third kappa shape index (κ3) is 6.07. The van der Waals surface area contributed by atoms with Crippen molar-refractivity contribution < 1.29 is 23.8 Å². The van der Waals surface area contributed by atoms with Crippen molar-refractivity contribution in [2.45, 2.75) is 51.2 Å². The number of aliphatic hydroxyl groups is 1. The van der Waals surface area contributed by atoms with Gasteiger partial charge in [0.2, 0.25) is 5.90 Å². The fraction of sp³-hybridized carbons (Fsp3) is 0.636. The SMILES string of the molecule is COC1=Nc2c(ccc(F)c2C(CO)CN2CCC(NC(=O)OC(C)(C)C)CC2)NC1. The Bertz CT molecular complexity index is 816. The largest absolute Gasteiger partial charge is 0.483 e. The highest BCUT2D eigenvalue weighted by molar-refractivity contribution is 5.91. The molecule has 2 heterocycles. The highest BCUT2D eigenvalue weighted by atomic mass is 19.1. The number of methoxy groups -OCH3 is 1. The van der Waals surface area contributed by atoms with E-state index in [-0.39, 0.29) is 18.5 Å². The maximum atomic E-state index is 14.8. The van der Waals surface area contributed by atoms with Crippen molar-refractivity contribution >= 4 is 23.4 Å². The Morgan fingerprint density at radius 2 is 2.10 bits per heavy atom. The number of hydrogen-bond donors (Lipinski definition) is 3. The molecule has 172 valence electrons. The average molecular weight is 437 g/mol. The standard InChI is InChI=1S/C22H33FN4O4/c1-22(2,3)31-21(29)25-15-7-9-27(10-8-15)12-14(13-28)19-16(23)5-6-17-20(19)26-18(30-4)11-24-17/h5-6,14-15,24,28H,7-13H2,1-4H3,(H,25,29). The van der Waals surface area contributed by atoms with Gasteiger partial charge in [0.25, 0.3) is 0 Å². The van der Waals surface area contributed by atoms with Crippen molar-refractivity contribution in [3.05, 3.63) is 23.5 Å². The van der Waals surface area contributed by atoms with Gasteiger partial charge in [-0.25, -0.2) is 14.2 Å². The molecule has 0 bridgehead atoms. The van der Waals surface area contributed by atoms with E-state index >= 15 is 0 Å². The van der Waals surface area contributed by atoms with Crippen LogP contribution in [0.2, 0.25) is 0 Å². The molecule has 1 fully saturated rings. The Morgan fingerprint density at radius 3 is 2.71 bits per heavy atom. The third-order valence-corrected chi connectivity index (χ3v) is 5.48. The van der Waals surface area contributed by atoms with Gasteiger partial charge >= 0.3 is 6.09 Å². The summed E-state index contributed by atoms with van der Waals surface area (Å²) in [7, 11) is 1.53. The van der Waals surface area contributed by atoms with Gasteiger partial charge in [-0.2, -0.15) is 0 Å². The number of aliphatic imine (C=N–C) groups is 1. The number of nitrogens with one attached hydrogen (secondary N) is 2. The maximum Gasteiger partial charge on any atom is 0.407 e. The lowest BCUT2D eigenvalue weighted by Gasteiger charge is -2.35. The molecule has 0 spiro atoms.